The number of rotatable bonds is 16. The van der Waals surface area contributed by atoms with Crippen LogP contribution in [0.4, 0.5) is 4.39 Å². The molecule has 3 aromatic carbocycles. The molecule has 0 spiro atoms. The lowest BCUT2D eigenvalue weighted by Gasteiger charge is -2.23. The Hall–Kier alpha value is -3.75. The van der Waals surface area contributed by atoms with Crippen molar-refractivity contribution < 1.29 is 19.1 Å². The quantitative estimate of drug-likeness (QED) is 0.210. The van der Waals surface area contributed by atoms with Gasteiger partial charge < -0.3 is 10.8 Å². The lowest BCUT2D eigenvalue weighted by molar-refractivity contribution is -0.141. The lowest BCUT2D eigenvalue weighted by atomic mass is 9.94. The molecule has 42 heavy (non-hydrogen) atoms. The molecule has 2 unspecified atom stereocenters. The summed E-state index contributed by atoms with van der Waals surface area (Å²) in [5.41, 5.74) is 11.9. The van der Waals surface area contributed by atoms with Crippen LogP contribution in [-0.4, -0.2) is 52.6 Å². The molecule has 4 N–H and O–H groups in total. The van der Waals surface area contributed by atoms with Crippen LogP contribution in [0.1, 0.15) is 55.2 Å². The number of unbranched alkanes of at least 4 members (excludes halogenated alkanes) is 1. The number of phenols is 1. The Morgan fingerprint density at radius 2 is 1.52 bits per heavy atom. The van der Waals surface area contributed by atoms with Crippen molar-refractivity contribution in [3.05, 3.63) is 101 Å². The summed E-state index contributed by atoms with van der Waals surface area (Å²) >= 11 is 0. The Labute approximate surface area is 248 Å². The van der Waals surface area contributed by atoms with Crippen LogP contribution in [-0.2, 0) is 28.9 Å². The van der Waals surface area contributed by atoms with Gasteiger partial charge >= 0.3 is 0 Å². The predicted molar refractivity (Wildman–Crippen MR) is 163 cm³/mol. The smallest absolute Gasteiger partial charge is 0.259 e. The summed E-state index contributed by atoms with van der Waals surface area (Å²) in [6.07, 6.45) is 6.89. The van der Waals surface area contributed by atoms with Gasteiger partial charge in [0.05, 0.1) is 12.7 Å². The SMILES string of the molecule is NCCCCC(CCCc1ccc(F)cc1)C(=O)NN1CN(CCCc2ccccc2)C(Cc2ccc(O)cc2)C1=O. The van der Waals surface area contributed by atoms with Crippen molar-refractivity contribution in [2.24, 2.45) is 11.7 Å². The van der Waals surface area contributed by atoms with Gasteiger partial charge in [0.1, 0.15) is 11.6 Å². The maximum Gasteiger partial charge on any atom is 0.259 e. The fourth-order valence-electron chi connectivity index (χ4n) is 5.58. The highest BCUT2D eigenvalue weighted by Crippen LogP contribution is 2.22. The average molecular weight is 575 g/mol. The predicted octanol–water partition coefficient (Wildman–Crippen LogP) is 4.98. The fourth-order valence-corrected chi connectivity index (χ4v) is 5.58. The monoisotopic (exact) mass is 574 g/mol. The van der Waals surface area contributed by atoms with Gasteiger partial charge in [0.25, 0.3) is 5.91 Å². The van der Waals surface area contributed by atoms with Crippen molar-refractivity contribution in [1.82, 2.24) is 15.3 Å². The lowest BCUT2D eigenvalue weighted by Crippen LogP contribution is -2.47. The number of aryl methyl sites for hydroxylation is 2. The van der Waals surface area contributed by atoms with Crippen molar-refractivity contribution in [3.63, 3.8) is 0 Å². The summed E-state index contributed by atoms with van der Waals surface area (Å²) in [6, 6.07) is 23.3. The van der Waals surface area contributed by atoms with E-state index in [1.54, 1.807) is 24.3 Å². The summed E-state index contributed by atoms with van der Waals surface area (Å²) in [5, 5.41) is 11.2. The van der Waals surface area contributed by atoms with Crippen LogP contribution >= 0.6 is 0 Å². The van der Waals surface area contributed by atoms with Gasteiger partial charge in [-0.05, 0) is 98.9 Å². The number of carbonyl (C=O) groups is 2. The molecule has 0 aliphatic carbocycles. The van der Waals surface area contributed by atoms with Crippen molar-refractivity contribution >= 4 is 11.8 Å². The Morgan fingerprint density at radius 1 is 0.881 bits per heavy atom. The Balaban J connectivity index is 1.39. The number of hydrogen-bond acceptors (Lipinski definition) is 5. The molecule has 0 bridgehead atoms. The number of nitrogens with two attached hydrogens (primary N) is 1. The largest absolute Gasteiger partial charge is 0.508 e. The molecule has 8 heteroatoms. The topological polar surface area (TPSA) is 98.9 Å². The molecule has 0 saturated carbocycles. The molecule has 3 aromatic rings. The van der Waals surface area contributed by atoms with Gasteiger partial charge in [-0.3, -0.25) is 19.9 Å². The molecule has 2 atom stereocenters. The van der Waals surface area contributed by atoms with Crippen molar-refractivity contribution in [2.45, 2.75) is 63.8 Å². The molecule has 224 valence electrons. The van der Waals surface area contributed by atoms with Crippen molar-refractivity contribution in [1.29, 1.82) is 0 Å². The van der Waals surface area contributed by atoms with Gasteiger partial charge in [-0.2, -0.15) is 0 Å². The van der Waals surface area contributed by atoms with E-state index in [1.807, 2.05) is 30.3 Å². The Kier molecular flexibility index (Phi) is 11.9. The molecule has 1 saturated heterocycles. The normalized spacial score (nSPS) is 16.1. The van der Waals surface area contributed by atoms with Gasteiger partial charge in [-0.15, -0.1) is 0 Å². The molecule has 7 nitrogen and oxygen atoms in total. The van der Waals surface area contributed by atoms with Crippen LogP contribution in [0, 0.1) is 11.7 Å². The van der Waals surface area contributed by atoms with Gasteiger partial charge in [0.15, 0.2) is 0 Å². The molecule has 1 aliphatic heterocycles. The number of halogens is 1. The van der Waals surface area contributed by atoms with Gasteiger partial charge in [-0.1, -0.05) is 61.0 Å². The van der Waals surface area contributed by atoms with Gasteiger partial charge in [0.2, 0.25) is 5.91 Å². The second kappa shape index (κ2) is 16.0. The van der Waals surface area contributed by atoms with E-state index in [0.29, 0.717) is 39.0 Å². The Bertz CT molecular complexity index is 1250. The van der Waals surface area contributed by atoms with Crippen LogP contribution in [0.3, 0.4) is 0 Å². The minimum Gasteiger partial charge on any atom is -0.508 e. The number of amides is 2. The number of hydrogen-bond donors (Lipinski definition) is 3. The third-order valence-electron chi connectivity index (χ3n) is 7.99. The van der Waals surface area contributed by atoms with E-state index in [1.165, 1.54) is 22.7 Å². The number of nitrogens with one attached hydrogen (secondary N) is 1. The Morgan fingerprint density at radius 3 is 2.24 bits per heavy atom. The number of benzene rings is 3. The summed E-state index contributed by atoms with van der Waals surface area (Å²) in [7, 11) is 0. The summed E-state index contributed by atoms with van der Waals surface area (Å²) in [5.74, 6) is -0.583. The highest BCUT2D eigenvalue weighted by Gasteiger charge is 2.39. The van der Waals surface area contributed by atoms with E-state index >= 15 is 0 Å². The van der Waals surface area contributed by atoms with Gasteiger partial charge in [-0.25, -0.2) is 9.40 Å². The van der Waals surface area contributed by atoms with E-state index < -0.39 is 6.04 Å². The maximum absolute atomic E-state index is 13.6. The fraction of sp³-hybridized carbons (Fsp3) is 0.412. The minimum absolute atomic E-state index is 0.122. The zero-order valence-corrected chi connectivity index (χ0v) is 24.3. The van der Waals surface area contributed by atoms with Crippen molar-refractivity contribution in [3.8, 4) is 5.75 Å². The number of phenolic OH excluding ortho intramolecular Hbond substituents is 1. The van der Waals surface area contributed by atoms with Crippen LogP contribution in [0.5, 0.6) is 5.75 Å². The summed E-state index contributed by atoms with van der Waals surface area (Å²) in [4.78, 5) is 29.3. The molecule has 1 fully saturated rings. The van der Waals surface area contributed by atoms with E-state index in [9.17, 15) is 19.1 Å². The number of carbonyl (C=O) groups excluding carboxylic acids is 2. The van der Waals surface area contributed by atoms with E-state index in [-0.39, 0.29) is 29.3 Å². The standard InChI is InChI=1S/C34H43FN4O3/c35-30-18-14-27(15-19-30)10-6-13-29(12-4-5-22-36)33(41)37-39-25-38(23-7-11-26-8-2-1-3-9-26)32(34(39)42)24-28-16-20-31(40)21-17-28/h1-3,8-9,14-21,29,32,40H,4-7,10-13,22-25,36H2,(H,37,41). The molecule has 0 aromatic heterocycles. The number of aromatic hydroxyl groups is 1. The first-order valence-corrected chi connectivity index (χ1v) is 15.0. The minimum atomic E-state index is -0.403. The number of hydrazine groups is 1. The summed E-state index contributed by atoms with van der Waals surface area (Å²) < 4.78 is 13.3. The molecular weight excluding hydrogens is 531 g/mol. The first kappa shape index (κ1) is 31.2. The highest BCUT2D eigenvalue weighted by atomic mass is 19.1. The first-order chi connectivity index (χ1) is 20.4. The number of nitrogens with zero attached hydrogens (tertiary/aromatic N) is 2. The molecule has 1 aliphatic rings. The highest BCUT2D eigenvalue weighted by molar-refractivity contribution is 5.87. The van der Waals surface area contributed by atoms with Gasteiger partial charge in [0, 0.05) is 12.5 Å². The first-order valence-electron chi connectivity index (χ1n) is 15.0. The van der Waals surface area contributed by atoms with Crippen LogP contribution in [0.2, 0.25) is 0 Å². The molecule has 1 heterocycles. The summed E-state index contributed by atoms with van der Waals surface area (Å²) in [6.45, 7) is 1.62. The zero-order valence-electron chi connectivity index (χ0n) is 24.3. The molecule has 2 amide bonds. The van der Waals surface area contributed by atoms with E-state index in [4.69, 9.17) is 5.73 Å². The average Bonchev–Trinajstić information content (AvgIpc) is 3.28. The second-order valence-electron chi connectivity index (χ2n) is 11.2. The van der Waals surface area contributed by atoms with Crippen LogP contribution in [0.25, 0.3) is 0 Å². The maximum atomic E-state index is 13.6. The third kappa shape index (κ3) is 9.39. The second-order valence-corrected chi connectivity index (χ2v) is 11.2. The molecular formula is C34H43FN4O3. The zero-order chi connectivity index (χ0) is 29.7. The van der Waals surface area contributed by atoms with Crippen LogP contribution < -0.4 is 11.2 Å². The van der Waals surface area contributed by atoms with E-state index in [2.05, 4.69) is 22.5 Å². The third-order valence-corrected chi connectivity index (χ3v) is 7.99. The van der Waals surface area contributed by atoms with Crippen LogP contribution in [0.15, 0.2) is 78.9 Å². The molecule has 0 radical (unpaired) electrons. The molecule has 4 rings (SSSR count). The van der Waals surface area contributed by atoms with Crippen molar-refractivity contribution in [2.75, 3.05) is 19.8 Å². The van der Waals surface area contributed by atoms with E-state index in [0.717, 1.165) is 49.7 Å².